The fraction of sp³-hybridized carbons (Fsp3) is 0.235. The highest BCUT2D eigenvalue weighted by molar-refractivity contribution is 7.91. The summed E-state index contributed by atoms with van der Waals surface area (Å²) in [5.74, 6) is -0.623. The Kier molecular flexibility index (Phi) is 5.44. The van der Waals surface area contributed by atoms with Crippen LogP contribution < -0.4 is 5.32 Å². The number of carbonyl (C=O) groups excluding carboxylic acids is 1. The zero-order valence-electron chi connectivity index (χ0n) is 13.0. The van der Waals surface area contributed by atoms with E-state index in [-0.39, 0.29) is 28.0 Å². The molecule has 0 aliphatic rings. The molecule has 2 rings (SSSR count). The number of carbonyl (C=O) groups is 1. The Morgan fingerprint density at radius 2 is 1.83 bits per heavy atom. The third kappa shape index (κ3) is 4.56. The van der Waals surface area contributed by atoms with Gasteiger partial charge in [0.15, 0.2) is 9.84 Å². The van der Waals surface area contributed by atoms with E-state index >= 15 is 0 Å². The highest BCUT2D eigenvalue weighted by atomic mass is 35.5. The van der Waals surface area contributed by atoms with Gasteiger partial charge in [0.2, 0.25) is 5.91 Å². The molecule has 0 aliphatic heterocycles. The number of nitrogens with one attached hydrogen (secondary N) is 1. The summed E-state index contributed by atoms with van der Waals surface area (Å²) in [5.41, 5.74) is 2.65. The number of halogens is 1. The Labute approximate surface area is 141 Å². The minimum absolute atomic E-state index is 0.0567. The first-order valence-corrected chi connectivity index (χ1v) is 9.17. The van der Waals surface area contributed by atoms with Crippen LogP contribution in [0.2, 0.25) is 5.02 Å². The van der Waals surface area contributed by atoms with Gasteiger partial charge in [-0.1, -0.05) is 35.9 Å². The normalized spacial score (nSPS) is 11.3. The molecule has 0 saturated carbocycles. The molecule has 0 unspecified atom stereocenters. The first-order valence-electron chi connectivity index (χ1n) is 7.14. The lowest BCUT2D eigenvalue weighted by atomic mass is 10.1. The maximum atomic E-state index is 12.3. The van der Waals surface area contributed by atoms with Crippen molar-refractivity contribution in [3.63, 3.8) is 0 Å². The number of anilines is 1. The van der Waals surface area contributed by atoms with Crippen molar-refractivity contribution in [2.45, 2.75) is 25.2 Å². The number of sulfone groups is 1. The van der Waals surface area contributed by atoms with Crippen LogP contribution in [0.15, 0.2) is 47.4 Å². The van der Waals surface area contributed by atoms with E-state index in [0.29, 0.717) is 5.69 Å². The number of hydrogen-bond acceptors (Lipinski definition) is 3. The lowest BCUT2D eigenvalue weighted by Gasteiger charge is -2.10. The Hall–Kier alpha value is -1.85. The predicted octanol–water partition coefficient (Wildman–Crippen LogP) is 3.76. The second kappa shape index (κ2) is 7.15. The molecule has 0 atom stereocenters. The van der Waals surface area contributed by atoms with E-state index in [1.54, 1.807) is 12.1 Å². The van der Waals surface area contributed by atoms with Gasteiger partial charge in [-0.25, -0.2) is 8.42 Å². The molecule has 0 radical (unpaired) electrons. The lowest BCUT2D eigenvalue weighted by molar-refractivity contribution is -0.115. The van der Waals surface area contributed by atoms with Crippen LogP contribution in [-0.2, 0) is 14.6 Å². The predicted molar refractivity (Wildman–Crippen MR) is 92.7 cm³/mol. The fourth-order valence-electron chi connectivity index (χ4n) is 2.12. The molecule has 0 aromatic heterocycles. The van der Waals surface area contributed by atoms with Crippen LogP contribution in [-0.4, -0.2) is 20.1 Å². The van der Waals surface area contributed by atoms with E-state index in [0.717, 1.165) is 11.1 Å². The van der Waals surface area contributed by atoms with Gasteiger partial charge in [0, 0.05) is 12.1 Å². The van der Waals surface area contributed by atoms with Crippen molar-refractivity contribution in [3.05, 3.63) is 58.6 Å². The molecule has 0 saturated heterocycles. The van der Waals surface area contributed by atoms with Crippen LogP contribution in [0.5, 0.6) is 0 Å². The van der Waals surface area contributed by atoms with Gasteiger partial charge in [0.25, 0.3) is 0 Å². The highest BCUT2D eigenvalue weighted by Crippen LogP contribution is 2.22. The smallest absolute Gasteiger partial charge is 0.225 e. The van der Waals surface area contributed by atoms with E-state index in [9.17, 15) is 13.2 Å². The Morgan fingerprint density at radius 1 is 1.13 bits per heavy atom. The third-order valence-electron chi connectivity index (χ3n) is 3.44. The molecule has 2 aromatic rings. The topological polar surface area (TPSA) is 63.2 Å². The molecule has 0 spiro atoms. The molecular formula is C17H18ClNO3S. The monoisotopic (exact) mass is 351 g/mol. The number of amides is 1. The van der Waals surface area contributed by atoms with Gasteiger partial charge in [0.1, 0.15) is 0 Å². The molecule has 6 heteroatoms. The number of aryl methyl sites for hydroxylation is 2. The summed E-state index contributed by atoms with van der Waals surface area (Å²) in [5, 5.41) is 2.92. The molecule has 0 bridgehead atoms. The van der Waals surface area contributed by atoms with Crippen molar-refractivity contribution in [1.82, 2.24) is 0 Å². The van der Waals surface area contributed by atoms with Crippen LogP contribution >= 0.6 is 11.6 Å². The van der Waals surface area contributed by atoms with Gasteiger partial charge in [-0.3, -0.25) is 4.79 Å². The number of rotatable bonds is 5. The second-order valence-electron chi connectivity index (χ2n) is 5.37. The summed E-state index contributed by atoms with van der Waals surface area (Å²) in [4.78, 5) is 12.1. The summed E-state index contributed by atoms with van der Waals surface area (Å²) < 4.78 is 24.5. The molecule has 1 N–H and O–H groups in total. The van der Waals surface area contributed by atoms with Crippen LogP contribution in [0.3, 0.4) is 0 Å². The van der Waals surface area contributed by atoms with Gasteiger partial charge in [-0.15, -0.1) is 0 Å². The molecule has 0 aliphatic carbocycles. The van der Waals surface area contributed by atoms with Crippen molar-refractivity contribution in [2.24, 2.45) is 0 Å². The van der Waals surface area contributed by atoms with Crippen molar-refractivity contribution < 1.29 is 13.2 Å². The van der Waals surface area contributed by atoms with Crippen molar-refractivity contribution in [3.8, 4) is 0 Å². The van der Waals surface area contributed by atoms with Crippen LogP contribution in [0, 0.1) is 13.8 Å². The van der Waals surface area contributed by atoms with Crippen LogP contribution in [0.4, 0.5) is 5.69 Å². The summed E-state index contributed by atoms with van der Waals surface area (Å²) in [7, 11) is -3.59. The summed E-state index contributed by atoms with van der Waals surface area (Å²) in [6, 6.07) is 11.9. The Bertz CT molecular complexity index is 831. The molecule has 0 fully saturated rings. The largest absolute Gasteiger partial charge is 0.326 e. The summed E-state index contributed by atoms with van der Waals surface area (Å²) in [6.07, 6.45) is -0.124. The zero-order chi connectivity index (χ0) is 17.0. The fourth-order valence-corrected chi connectivity index (χ4v) is 3.93. The highest BCUT2D eigenvalue weighted by Gasteiger charge is 2.19. The van der Waals surface area contributed by atoms with Gasteiger partial charge in [0.05, 0.1) is 15.7 Å². The quantitative estimate of drug-likeness (QED) is 0.892. The third-order valence-corrected chi connectivity index (χ3v) is 5.65. The Balaban J connectivity index is 2.04. The van der Waals surface area contributed by atoms with E-state index in [4.69, 9.17) is 11.6 Å². The van der Waals surface area contributed by atoms with E-state index in [1.807, 2.05) is 32.0 Å². The maximum Gasteiger partial charge on any atom is 0.225 e. The summed E-state index contributed by atoms with van der Waals surface area (Å²) >= 11 is 5.91. The minimum Gasteiger partial charge on any atom is -0.326 e. The maximum absolute atomic E-state index is 12.3. The number of benzene rings is 2. The molecule has 23 heavy (non-hydrogen) atoms. The molecule has 1 amide bonds. The zero-order valence-corrected chi connectivity index (χ0v) is 14.5. The van der Waals surface area contributed by atoms with E-state index < -0.39 is 9.84 Å². The Morgan fingerprint density at radius 3 is 2.52 bits per heavy atom. The summed E-state index contributed by atoms with van der Waals surface area (Å²) in [6.45, 7) is 3.81. The first kappa shape index (κ1) is 17.5. The van der Waals surface area contributed by atoms with Crippen LogP contribution in [0.25, 0.3) is 0 Å². The van der Waals surface area contributed by atoms with Crippen molar-refractivity contribution in [1.29, 1.82) is 0 Å². The molecule has 122 valence electrons. The first-order chi connectivity index (χ1) is 10.8. The van der Waals surface area contributed by atoms with Gasteiger partial charge >= 0.3 is 0 Å². The van der Waals surface area contributed by atoms with Gasteiger partial charge < -0.3 is 5.32 Å². The molecular weight excluding hydrogens is 334 g/mol. The minimum atomic E-state index is -3.59. The number of hydrogen-bond donors (Lipinski definition) is 1. The standard InChI is InChI=1S/C17H18ClNO3S/c1-12-7-8-13(2)15(11-12)19-17(20)9-10-23(21,22)16-6-4-3-5-14(16)18/h3-8,11H,9-10H2,1-2H3,(H,19,20). The average Bonchev–Trinajstić information content (AvgIpc) is 2.49. The molecule has 4 nitrogen and oxygen atoms in total. The van der Waals surface area contributed by atoms with E-state index in [2.05, 4.69) is 5.32 Å². The molecule has 0 heterocycles. The van der Waals surface area contributed by atoms with Crippen molar-refractivity contribution >= 4 is 33.0 Å². The van der Waals surface area contributed by atoms with Crippen LogP contribution in [0.1, 0.15) is 17.5 Å². The molecule has 2 aromatic carbocycles. The van der Waals surface area contributed by atoms with Gasteiger partial charge in [-0.2, -0.15) is 0 Å². The van der Waals surface area contributed by atoms with Crippen molar-refractivity contribution in [2.75, 3.05) is 11.1 Å². The SMILES string of the molecule is Cc1ccc(C)c(NC(=O)CCS(=O)(=O)c2ccccc2Cl)c1. The lowest BCUT2D eigenvalue weighted by Crippen LogP contribution is -2.18. The average molecular weight is 352 g/mol. The second-order valence-corrected chi connectivity index (χ2v) is 7.85. The van der Waals surface area contributed by atoms with Gasteiger partial charge in [-0.05, 0) is 43.2 Å². The van der Waals surface area contributed by atoms with E-state index in [1.165, 1.54) is 12.1 Å².